The molecule has 1 heterocycles. The molecule has 2 rings (SSSR count). The van der Waals surface area contributed by atoms with Crippen LogP contribution in [-0.4, -0.2) is 12.9 Å². The van der Waals surface area contributed by atoms with Gasteiger partial charge in [0.2, 0.25) is 0 Å². The van der Waals surface area contributed by atoms with Crippen molar-refractivity contribution in [1.82, 2.24) is 0 Å². The fraction of sp³-hybridized carbons (Fsp3) is 0.143. The maximum Gasteiger partial charge on any atom is 0.185 e. The molecule has 0 aliphatic carbocycles. The highest BCUT2D eigenvalue weighted by Gasteiger charge is 2.21. The van der Waals surface area contributed by atoms with Gasteiger partial charge in [-0.05, 0) is 29.1 Å². The first-order chi connectivity index (χ1) is 8.76. The number of ether oxygens (including phenoxy) is 1. The van der Waals surface area contributed by atoms with E-state index in [0.717, 1.165) is 0 Å². The first-order valence-electron chi connectivity index (χ1n) is 5.36. The summed E-state index contributed by atoms with van der Waals surface area (Å²) in [5.74, 6) is -0.215. The number of Topliss-reactive ketones (excluding diaryl/α,β-unsaturated/α-hetero) is 1. The van der Waals surface area contributed by atoms with Crippen molar-refractivity contribution in [3.63, 3.8) is 0 Å². The monoisotopic (exact) mass is 257 g/mol. The molecular weight excluding hydrogens is 246 g/mol. The van der Waals surface area contributed by atoms with Crippen LogP contribution in [0.3, 0.4) is 0 Å². The van der Waals surface area contributed by atoms with E-state index in [9.17, 15) is 10.1 Å². The fourth-order valence-electron chi connectivity index (χ4n) is 1.65. The lowest BCUT2D eigenvalue weighted by Gasteiger charge is -2.08. The summed E-state index contributed by atoms with van der Waals surface area (Å²) in [6, 6.07) is 10.8. The summed E-state index contributed by atoms with van der Waals surface area (Å²) in [6.45, 7) is 0. The SMILES string of the molecule is COc1ccc(C(C#N)C(=O)c2ccsc2)cc1. The number of nitriles is 1. The molecule has 0 fully saturated rings. The van der Waals surface area contributed by atoms with Crippen LogP contribution in [0.5, 0.6) is 5.75 Å². The van der Waals surface area contributed by atoms with Crippen molar-refractivity contribution < 1.29 is 9.53 Å². The van der Waals surface area contributed by atoms with Gasteiger partial charge in [0.25, 0.3) is 0 Å². The van der Waals surface area contributed by atoms with Crippen LogP contribution >= 0.6 is 11.3 Å². The van der Waals surface area contributed by atoms with Gasteiger partial charge in [0.1, 0.15) is 11.7 Å². The molecule has 0 amide bonds. The van der Waals surface area contributed by atoms with Gasteiger partial charge >= 0.3 is 0 Å². The Bertz CT molecular complexity index is 567. The second kappa shape index (κ2) is 5.48. The van der Waals surface area contributed by atoms with E-state index >= 15 is 0 Å². The summed E-state index contributed by atoms with van der Waals surface area (Å²) in [7, 11) is 1.58. The summed E-state index contributed by atoms with van der Waals surface area (Å²) in [4.78, 5) is 12.1. The Morgan fingerprint density at radius 2 is 2.06 bits per heavy atom. The average Bonchev–Trinajstić information content (AvgIpc) is 2.94. The lowest BCUT2D eigenvalue weighted by Crippen LogP contribution is -2.10. The Kier molecular flexibility index (Phi) is 3.75. The average molecular weight is 257 g/mol. The van der Waals surface area contributed by atoms with Crippen molar-refractivity contribution >= 4 is 17.1 Å². The van der Waals surface area contributed by atoms with E-state index < -0.39 is 5.92 Å². The molecule has 2 aromatic rings. The molecule has 0 radical (unpaired) electrons. The van der Waals surface area contributed by atoms with Crippen LogP contribution in [0.2, 0.25) is 0 Å². The Hall–Kier alpha value is -2.12. The number of carbonyl (C=O) groups is 1. The van der Waals surface area contributed by atoms with E-state index in [0.29, 0.717) is 16.9 Å². The number of ketones is 1. The van der Waals surface area contributed by atoms with Gasteiger partial charge in [-0.2, -0.15) is 16.6 Å². The van der Waals surface area contributed by atoms with E-state index in [1.165, 1.54) is 11.3 Å². The number of rotatable bonds is 4. The lowest BCUT2D eigenvalue weighted by atomic mass is 9.93. The molecule has 18 heavy (non-hydrogen) atoms. The summed E-state index contributed by atoms with van der Waals surface area (Å²) < 4.78 is 5.05. The van der Waals surface area contributed by atoms with Crippen LogP contribution in [0.4, 0.5) is 0 Å². The van der Waals surface area contributed by atoms with Gasteiger partial charge in [0.15, 0.2) is 5.78 Å². The van der Waals surface area contributed by atoms with E-state index in [1.807, 2.05) is 5.38 Å². The summed E-state index contributed by atoms with van der Waals surface area (Å²) in [5, 5.41) is 12.8. The molecule has 1 atom stereocenters. The fourth-order valence-corrected chi connectivity index (χ4v) is 2.30. The Labute approximate surface area is 109 Å². The van der Waals surface area contributed by atoms with Gasteiger partial charge in [-0.1, -0.05) is 12.1 Å². The van der Waals surface area contributed by atoms with E-state index in [1.54, 1.807) is 42.8 Å². The molecule has 0 aliphatic rings. The standard InChI is InChI=1S/C14H11NO2S/c1-17-12-4-2-10(3-5-12)13(8-15)14(16)11-6-7-18-9-11/h2-7,9,13H,1H3. The lowest BCUT2D eigenvalue weighted by molar-refractivity contribution is 0.0979. The molecule has 90 valence electrons. The van der Waals surface area contributed by atoms with Gasteiger partial charge in [0.05, 0.1) is 13.2 Å². The number of thiophene rings is 1. The molecule has 1 unspecified atom stereocenters. The van der Waals surface area contributed by atoms with Crippen molar-refractivity contribution in [2.24, 2.45) is 0 Å². The number of methoxy groups -OCH3 is 1. The van der Waals surface area contributed by atoms with Crippen molar-refractivity contribution in [2.45, 2.75) is 5.92 Å². The second-order valence-corrected chi connectivity index (χ2v) is 4.49. The normalized spacial score (nSPS) is 11.6. The van der Waals surface area contributed by atoms with Crippen LogP contribution in [0, 0.1) is 11.3 Å². The van der Waals surface area contributed by atoms with Crippen LogP contribution in [-0.2, 0) is 0 Å². The minimum atomic E-state index is -0.759. The number of hydrogen-bond donors (Lipinski definition) is 0. The smallest absolute Gasteiger partial charge is 0.185 e. The first kappa shape index (κ1) is 12.3. The van der Waals surface area contributed by atoms with Gasteiger partial charge in [-0.15, -0.1) is 0 Å². The predicted octanol–water partition coefficient (Wildman–Crippen LogP) is 3.25. The van der Waals surface area contributed by atoms with Crippen molar-refractivity contribution in [3.8, 4) is 11.8 Å². The molecule has 1 aromatic heterocycles. The van der Waals surface area contributed by atoms with Crippen LogP contribution in [0.1, 0.15) is 21.8 Å². The van der Waals surface area contributed by atoms with Crippen LogP contribution in [0.15, 0.2) is 41.1 Å². The maximum absolute atomic E-state index is 12.1. The third-order valence-corrected chi connectivity index (χ3v) is 3.33. The molecule has 1 aromatic carbocycles. The zero-order valence-electron chi connectivity index (χ0n) is 9.79. The highest BCUT2D eigenvalue weighted by atomic mass is 32.1. The van der Waals surface area contributed by atoms with Crippen molar-refractivity contribution in [3.05, 3.63) is 52.2 Å². The molecule has 0 saturated carbocycles. The van der Waals surface area contributed by atoms with Gasteiger partial charge in [0, 0.05) is 10.9 Å². The van der Waals surface area contributed by atoms with E-state index in [-0.39, 0.29) is 5.78 Å². The van der Waals surface area contributed by atoms with E-state index in [4.69, 9.17) is 4.74 Å². The molecule has 3 nitrogen and oxygen atoms in total. The minimum Gasteiger partial charge on any atom is -0.497 e. The minimum absolute atomic E-state index is 0.163. The van der Waals surface area contributed by atoms with E-state index in [2.05, 4.69) is 6.07 Å². The Balaban J connectivity index is 2.28. The quantitative estimate of drug-likeness (QED) is 0.790. The largest absolute Gasteiger partial charge is 0.497 e. The third kappa shape index (κ3) is 2.41. The van der Waals surface area contributed by atoms with Gasteiger partial charge in [-0.3, -0.25) is 4.79 Å². The van der Waals surface area contributed by atoms with Gasteiger partial charge in [-0.25, -0.2) is 0 Å². The summed E-state index contributed by atoms with van der Waals surface area (Å²) >= 11 is 1.45. The number of nitrogens with zero attached hydrogens (tertiary/aromatic N) is 1. The van der Waals surface area contributed by atoms with Crippen LogP contribution in [0.25, 0.3) is 0 Å². The first-order valence-corrected chi connectivity index (χ1v) is 6.30. The number of carbonyl (C=O) groups excluding carboxylic acids is 1. The zero-order valence-corrected chi connectivity index (χ0v) is 10.6. The van der Waals surface area contributed by atoms with Gasteiger partial charge < -0.3 is 4.74 Å². The summed E-state index contributed by atoms with van der Waals surface area (Å²) in [5.41, 5.74) is 1.27. The predicted molar refractivity (Wildman–Crippen MR) is 70.0 cm³/mol. The van der Waals surface area contributed by atoms with Crippen molar-refractivity contribution in [2.75, 3.05) is 7.11 Å². The highest BCUT2D eigenvalue weighted by molar-refractivity contribution is 7.08. The number of hydrogen-bond acceptors (Lipinski definition) is 4. The summed E-state index contributed by atoms with van der Waals surface area (Å²) in [6.07, 6.45) is 0. The zero-order chi connectivity index (χ0) is 13.0. The molecular formula is C14H11NO2S. The highest BCUT2D eigenvalue weighted by Crippen LogP contribution is 2.23. The Morgan fingerprint density at radius 3 is 2.56 bits per heavy atom. The second-order valence-electron chi connectivity index (χ2n) is 3.71. The molecule has 0 spiro atoms. The topological polar surface area (TPSA) is 50.1 Å². The third-order valence-electron chi connectivity index (χ3n) is 2.65. The molecule has 4 heteroatoms. The molecule has 0 N–H and O–H groups in total. The van der Waals surface area contributed by atoms with Crippen LogP contribution < -0.4 is 4.74 Å². The number of benzene rings is 1. The molecule has 0 saturated heterocycles. The molecule has 0 bridgehead atoms. The maximum atomic E-state index is 12.1. The molecule has 0 aliphatic heterocycles. The van der Waals surface area contributed by atoms with Crippen molar-refractivity contribution in [1.29, 1.82) is 5.26 Å². The Morgan fingerprint density at radius 1 is 1.33 bits per heavy atom.